The molecule has 0 saturated heterocycles. The van der Waals surface area contributed by atoms with Gasteiger partial charge >= 0.3 is 0 Å². The van der Waals surface area contributed by atoms with Gasteiger partial charge in [-0.05, 0) is 30.7 Å². The summed E-state index contributed by atoms with van der Waals surface area (Å²) < 4.78 is 5.49. The third kappa shape index (κ3) is 3.57. The van der Waals surface area contributed by atoms with E-state index in [0.717, 1.165) is 16.3 Å². The first kappa shape index (κ1) is 15.2. The Morgan fingerprint density at radius 1 is 1.26 bits per heavy atom. The quantitative estimate of drug-likeness (QED) is 0.795. The van der Waals surface area contributed by atoms with Crippen molar-refractivity contribution in [2.24, 2.45) is 0 Å². The summed E-state index contributed by atoms with van der Waals surface area (Å²) in [5.41, 5.74) is 1.57. The van der Waals surface area contributed by atoms with E-state index in [-0.39, 0.29) is 12.5 Å². The Balaban J connectivity index is 1.69. The molecule has 3 aromatic rings. The van der Waals surface area contributed by atoms with Gasteiger partial charge in [-0.1, -0.05) is 35.9 Å². The number of rotatable bonds is 4. The Labute approximate surface area is 138 Å². The number of aryl methyl sites for hydroxylation is 1. The lowest BCUT2D eigenvalue weighted by atomic mass is 10.2. The number of aromatic nitrogens is 2. The smallest absolute Gasteiger partial charge is 0.262 e. The van der Waals surface area contributed by atoms with Crippen LogP contribution in [0.5, 0.6) is 5.88 Å². The lowest BCUT2D eigenvalue weighted by Crippen LogP contribution is -2.20. The Kier molecular flexibility index (Phi) is 4.39. The number of halogens is 1. The number of ether oxygens (including phenoxy) is 1. The van der Waals surface area contributed by atoms with Crippen LogP contribution in [0.15, 0.2) is 48.7 Å². The van der Waals surface area contributed by atoms with Gasteiger partial charge in [-0.15, -0.1) is 5.10 Å². The number of nitrogens with one attached hydrogen (secondary N) is 1. The fourth-order valence-corrected chi connectivity index (χ4v) is 2.43. The second kappa shape index (κ2) is 6.62. The SMILES string of the molecule is Cc1ccc(NC(=O)COc2nncc3ccccc23)c(Cl)c1. The van der Waals surface area contributed by atoms with Crippen LogP contribution in [0.2, 0.25) is 5.02 Å². The predicted octanol–water partition coefficient (Wildman–Crippen LogP) is 3.61. The summed E-state index contributed by atoms with van der Waals surface area (Å²) in [5.74, 6) is 0.0127. The highest BCUT2D eigenvalue weighted by Crippen LogP contribution is 2.23. The van der Waals surface area contributed by atoms with Crippen molar-refractivity contribution in [3.05, 3.63) is 59.2 Å². The van der Waals surface area contributed by atoms with Crippen LogP contribution in [0.3, 0.4) is 0 Å². The molecule has 0 aliphatic rings. The van der Waals surface area contributed by atoms with Gasteiger partial charge in [-0.2, -0.15) is 5.10 Å². The second-order valence-electron chi connectivity index (χ2n) is 5.06. The van der Waals surface area contributed by atoms with Crippen molar-refractivity contribution >= 4 is 34.0 Å². The molecule has 1 heterocycles. The number of hydrogen-bond acceptors (Lipinski definition) is 4. The highest BCUT2D eigenvalue weighted by atomic mass is 35.5. The molecule has 2 aromatic carbocycles. The van der Waals surface area contributed by atoms with Crippen molar-refractivity contribution in [3.8, 4) is 5.88 Å². The number of benzene rings is 2. The topological polar surface area (TPSA) is 64.1 Å². The fraction of sp³-hybridized carbons (Fsp3) is 0.118. The number of hydrogen-bond donors (Lipinski definition) is 1. The van der Waals surface area contributed by atoms with E-state index in [4.69, 9.17) is 16.3 Å². The van der Waals surface area contributed by atoms with Gasteiger partial charge in [0.25, 0.3) is 5.91 Å². The zero-order valence-corrected chi connectivity index (χ0v) is 13.2. The molecule has 1 amide bonds. The molecule has 0 saturated carbocycles. The van der Waals surface area contributed by atoms with Gasteiger partial charge in [-0.25, -0.2) is 0 Å². The summed E-state index contributed by atoms with van der Waals surface area (Å²) in [6.07, 6.45) is 1.65. The molecule has 1 N–H and O–H groups in total. The van der Waals surface area contributed by atoms with E-state index in [9.17, 15) is 4.79 Å². The monoisotopic (exact) mass is 327 g/mol. The average Bonchev–Trinajstić information content (AvgIpc) is 2.55. The molecule has 23 heavy (non-hydrogen) atoms. The maximum absolute atomic E-state index is 12.0. The van der Waals surface area contributed by atoms with Crippen LogP contribution in [0, 0.1) is 6.92 Å². The van der Waals surface area contributed by atoms with Gasteiger partial charge in [0.15, 0.2) is 6.61 Å². The van der Waals surface area contributed by atoms with E-state index in [2.05, 4.69) is 15.5 Å². The van der Waals surface area contributed by atoms with Crippen molar-refractivity contribution in [3.63, 3.8) is 0 Å². The van der Waals surface area contributed by atoms with E-state index in [1.165, 1.54) is 0 Å². The molecule has 0 spiro atoms. The molecule has 0 aliphatic carbocycles. The zero-order valence-electron chi connectivity index (χ0n) is 12.4. The van der Waals surface area contributed by atoms with Gasteiger partial charge in [0.1, 0.15) is 0 Å². The fourth-order valence-electron chi connectivity index (χ4n) is 2.15. The lowest BCUT2D eigenvalue weighted by Gasteiger charge is -2.09. The molecule has 0 fully saturated rings. The predicted molar refractivity (Wildman–Crippen MR) is 89.9 cm³/mol. The number of carbonyl (C=O) groups excluding carboxylic acids is 1. The maximum Gasteiger partial charge on any atom is 0.262 e. The van der Waals surface area contributed by atoms with Crippen molar-refractivity contribution in [1.82, 2.24) is 10.2 Å². The van der Waals surface area contributed by atoms with Gasteiger partial charge in [0, 0.05) is 10.8 Å². The molecule has 5 nitrogen and oxygen atoms in total. The Hall–Kier alpha value is -2.66. The highest BCUT2D eigenvalue weighted by molar-refractivity contribution is 6.33. The molecule has 6 heteroatoms. The van der Waals surface area contributed by atoms with Crippen LogP contribution in [0.4, 0.5) is 5.69 Å². The van der Waals surface area contributed by atoms with Crippen LogP contribution in [-0.4, -0.2) is 22.7 Å². The van der Waals surface area contributed by atoms with E-state index in [1.807, 2.05) is 37.3 Å². The molecule has 116 valence electrons. The first-order valence-electron chi connectivity index (χ1n) is 7.03. The summed E-state index contributed by atoms with van der Waals surface area (Å²) in [7, 11) is 0. The minimum Gasteiger partial charge on any atom is -0.466 e. The number of anilines is 1. The molecule has 0 bridgehead atoms. The summed E-state index contributed by atoms with van der Waals surface area (Å²) in [4.78, 5) is 12.0. The normalized spacial score (nSPS) is 10.5. The van der Waals surface area contributed by atoms with Crippen LogP contribution < -0.4 is 10.1 Å². The second-order valence-corrected chi connectivity index (χ2v) is 5.46. The van der Waals surface area contributed by atoms with Gasteiger partial charge in [0.2, 0.25) is 5.88 Å². The number of carbonyl (C=O) groups is 1. The maximum atomic E-state index is 12.0. The summed E-state index contributed by atoms with van der Waals surface area (Å²) >= 11 is 6.09. The van der Waals surface area contributed by atoms with Gasteiger partial charge in [-0.3, -0.25) is 4.79 Å². The standard InChI is InChI=1S/C17H14ClN3O2/c1-11-6-7-15(14(18)8-11)20-16(22)10-23-17-13-5-3-2-4-12(13)9-19-21-17/h2-9H,10H2,1H3,(H,20,22). The van der Waals surface area contributed by atoms with Crippen LogP contribution in [0.25, 0.3) is 10.8 Å². The van der Waals surface area contributed by atoms with Crippen LogP contribution in [-0.2, 0) is 4.79 Å². The molecule has 0 atom stereocenters. The minimum absolute atomic E-state index is 0.174. The third-order valence-corrected chi connectivity index (χ3v) is 3.59. The third-order valence-electron chi connectivity index (χ3n) is 3.28. The van der Waals surface area contributed by atoms with Crippen LogP contribution in [0.1, 0.15) is 5.56 Å². The lowest BCUT2D eigenvalue weighted by molar-refractivity contribution is -0.118. The van der Waals surface area contributed by atoms with Gasteiger partial charge < -0.3 is 10.1 Å². The molecular weight excluding hydrogens is 314 g/mol. The summed E-state index contributed by atoms with van der Waals surface area (Å²) in [5, 5.41) is 12.7. The molecule has 0 radical (unpaired) electrons. The summed E-state index contributed by atoms with van der Waals surface area (Å²) in [6, 6.07) is 13.0. The van der Waals surface area contributed by atoms with E-state index in [0.29, 0.717) is 16.6 Å². The number of nitrogens with zero attached hydrogens (tertiary/aromatic N) is 2. The van der Waals surface area contributed by atoms with Crippen molar-refractivity contribution in [2.75, 3.05) is 11.9 Å². The molecule has 0 unspecified atom stereocenters. The molecule has 3 rings (SSSR count). The summed E-state index contributed by atoms with van der Waals surface area (Å²) in [6.45, 7) is 1.76. The van der Waals surface area contributed by atoms with Crippen LogP contribution >= 0.6 is 11.6 Å². The number of amides is 1. The molecular formula is C17H14ClN3O2. The first-order valence-corrected chi connectivity index (χ1v) is 7.40. The van der Waals surface area contributed by atoms with Crippen molar-refractivity contribution in [1.29, 1.82) is 0 Å². The minimum atomic E-state index is -0.314. The average molecular weight is 328 g/mol. The first-order chi connectivity index (χ1) is 11.1. The van der Waals surface area contributed by atoms with E-state index < -0.39 is 0 Å². The van der Waals surface area contributed by atoms with Crippen molar-refractivity contribution in [2.45, 2.75) is 6.92 Å². The largest absolute Gasteiger partial charge is 0.466 e. The van der Waals surface area contributed by atoms with Crippen molar-refractivity contribution < 1.29 is 9.53 Å². The zero-order chi connectivity index (χ0) is 16.2. The Morgan fingerprint density at radius 3 is 2.91 bits per heavy atom. The van der Waals surface area contributed by atoms with E-state index >= 15 is 0 Å². The van der Waals surface area contributed by atoms with Gasteiger partial charge in [0.05, 0.1) is 16.9 Å². The molecule has 0 aliphatic heterocycles. The molecule has 1 aromatic heterocycles. The Bertz CT molecular complexity index is 862. The Morgan fingerprint density at radius 2 is 2.09 bits per heavy atom. The highest BCUT2D eigenvalue weighted by Gasteiger charge is 2.09. The van der Waals surface area contributed by atoms with E-state index in [1.54, 1.807) is 18.3 Å². The number of fused-ring (bicyclic) bond motifs is 1.